The number of benzene rings is 1. The third kappa shape index (κ3) is 2.75. The fourth-order valence-electron chi connectivity index (χ4n) is 1.38. The average molecular weight is 247 g/mol. The molecule has 2 rings (SSSR count). The minimum Gasteiger partial charge on any atom is -0.323 e. The van der Waals surface area contributed by atoms with Gasteiger partial charge in [-0.15, -0.1) is 0 Å². The van der Waals surface area contributed by atoms with E-state index in [1.165, 1.54) is 0 Å². The van der Waals surface area contributed by atoms with Crippen LogP contribution in [-0.2, 0) is 11.0 Å². The van der Waals surface area contributed by atoms with Gasteiger partial charge in [0.15, 0.2) is 0 Å². The molecular weight excluding hydrogens is 238 g/mol. The third-order valence-corrected chi connectivity index (χ3v) is 2.50. The van der Waals surface area contributed by atoms with Crippen LogP contribution in [0.3, 0.4) is 0 Å². The predicted octanol–water partition coefficient (Wildman–Crippen LogP) is 3.19. The second-order valence-corrected chi connectivity index (χ2v) is 3.96. The van der Waals surface area contributed by atoms with Gasteiger partial charge < -0.3 is 5.32 Å². The van der Waals surface area contributed by atoms with Crippen molar-refractivity contribution in [3.63, 3.8) is 0 Å². The van der Waals surface area contributed by atoms with Gasteiger partial charge in [0, 0.05) is 5.92 Å². The van der Waals surface area contributed by atoms with Crippen LogP contribution in [0.4, 0.5) is 23.2 Å². The molecule has 1 amide bonds. The molecule has 1 fully saturated rings. The van der Waals surface area contributed by atoms with Crippen molar-refractivity contribution in [2.75, 3.05) is 5.32 Å². The number of amides is 1. The second-order valence-electron chi connectivity index (χ2n) is 3.96. The summed E-state index contributed by atoms with van der Waals surface area (Å²) in [7, 11) is 0. The van der Waals surface area contributed by atoms with Crippen molar-refractivity contribution >= 4 is 11.6 Å². The lowest BCUT2D eigenvalue weighted by Crippen LogP contribution is -2.15. The Balaban J connectivity index is 2.22. The number of rotatable bonds is 2. The Morgan fingerprint density at radius 3 is 2.47 bits per heavy atom. The summed E-state index contributed by atoms with van der Waals surface area (Å²) in [5.74, 6) is -1.49. The predicted molar refractivity (Wildman–Crippen MR) is 52.8 cm³/mol. The molecule has 0 aromatic heterocycles. The lowest BCUT2D eigenvalue weighted by molar-refractivity contribution is -0.137. The monoisotopic (exact) mass is 247 g/mol. The van der Waals surface area contributed by atoms with E-state index in [1.807, 2.05) is 0 Å². The average Bonchev–Trinajstić information content (AvgIpc) is 3.02. The molecule has 92 valence electrons. The quantitative estimate of drug-likeness (QED) is 0.799. The smallest absolute Gasteiger partial charge is 0.323 e. The van der Waals surface area contributed by atoms with Crippen molar-refractivity contribution in [1.29, 1.82) is 0 Å². The second kappa shape index (κ2) is 4.01. The zero-order valence-corrected chi connectivity index (χ0v) is 8.64. The number of carbonyl (C=O) groups is 1. The summed E-state index contributed by atoms with van der Waals surface area (Å²) in [6, 6.07) is 1.95. The summed E-state index contributed by atoms with van der Waals surface area (Å²) >= 11 is 0. The molecule has 0 aliphatic heterocycles. The number of anilines is 1. The fraction of sp³-hybridized carbons (Fsp3) is 0.364. The first-order valence-corrected chi connectivity index (χ1v) is 5.05. The third-order valence-electron chi connectivity index (χ3n) is 2.50. The van der Waals surface area contributed by atoms with Gasteiger partial charge in [-0.3, -0.25) is 4.79 Å². The van der Waals surface area contributed by atoms with E-state index in [9.17, 15) is 22.4 Å². The van der Waals surface area contributed by atoms with E-state index in [-0.39, 0.29) is 5.92 Å². The van der Waals surface area contributed by atoms with Crippen molar-refractivity contribution in [1.82, 2.24) is 0 Å². The van der Waals surface area contributed by atoms with Crippen molar-refractivity contribution < 1.29 is 22.4 Å². The summed E-state index contributed by atoms with van der Waals surface area (Å²) < 4.78 is 50.3. The van der Waals surface area contributed by atoms with Crippen LogP contribution < -0.4 is 5.32 Å². The molecule has 1 aromatic rings. The molecule has 1 aromatic carbocycles. The van der Waals surface area contributed by atoms with E-state index < -0.39 is 29.2 Å². The van der Waals surface area contributed by atoms with Crippen LogP contribution in [0.5, 0.6) is 0 Å². The number of hydrogen-bond donors (Lipinski definition) is 1. The molecule has 0 saturated heterocycles. The van der Waals surface area contributed by atoms with E-state index >= 15 is 0 Å². The summed E-state index contributed by atoms with van der Waals surface area (Å²) in [4.78, 5) is 11.3. The molecule has 0 spiro atoms. The van der Waals surface area contributed by atoms with Crippen LogP contribution in [-0.4, -0.2) is 5.91 Å². The molecule has 0 heterocycles. The molecule has 0 bridgehead atoms. The number of hydrogen-bond acceptors (Lipinski definition) is 1. The maximum atomic E-state index is 13.2. The molecule has 1 aliphatic carbocycles. The van der Waals surface area contributed by atoms with Crippen LogP contribution in [0, 0.1) is 11.7 Å². The Morgan fingerprint density at radius 1 is 1.29 bits per heavy atom. The molecule has 6 heteroatoms. The van der Waals surface area contributed by atoms with E-state index in [2.05, 4.69) is 5.32 Å². The van der Waals surface area contributed by atoms with Gasteiger partial charge in [-0.1, -0.05) is 0 Å². The van der Waals surface area contributed by atoms with Gasteiger partial charge in [0.05, 0.1) is 11.3 Å². The van der Waals surface area contributed by atoms with Crippen molar-refractivity contribution in [2.45, 2.75) is 19.0 Å². The van der Waals surface area contributed by atoms with Crippen molar-refractivity contribution in [2.24, 2.45) is 5.92 Å². The molecule has 17 heavy (non-hydrogen) atoms. The van der Waals surface area contributed by atoms with Gasteiger partial charge in [0.2, 0.25) is 5.91 Å². The zero-order chi connectivity index (χ0) is 12.6. The molecule has 1 N–H and O–H groups in total. The van der Waals surface area contributed by atoms with Crippen LogP contribution in [0.2, 0.25) is 0 Å². The van der Waals surface area contributed by atoms with Crippen LogP contribution in [0.1, 0.15) is 18.4 Å². The van der Waals surface area contributed by atoms with Gasteiger partial charge >= 0.3 is 6.18 Å². The lowest BCUT2D eigenvalue weighted by Gasteiger charge is -2.10. The summed E-state index contributed by atoms with van der Waals surface area (Å²) in [5, 5.41) is 2.17. The lowest BCUT2D eigenvalue weighted by atomic mass is 10.2. The van der Waals surface area contributed by atoms with Gasteiger partial charge in [-0.25, -0.2) is 4.39 Å². The van der Waals surface area contributed by atoms with Crippen LogP contribution in [0.25, 0.3) is 0 Å². The van der Waals surface area contributed by atoms with Crippen LogP contribution >= 0.6 is 0 Å². The molecule has 0 atom stereocenters. The normalized spacial score (nSPS) is 15.8. The van der Waals surface area contributed by atoms with E-state index in [4.69, 9.17) is 0 Å². The molecule has 0 radical (unpaired) electrons. The topological polar surface area (TPSA) is 29.1 Å². The number of carbonyl (C=O) groups excluding carboxylic acids is 1. The Kier molecular flexibility index (Phi) is 2.81. The fourth-order valence-corrected chi connectivity index (χ4v) is 1.38. The summed E-state index contributed by atoms with van der Waals surface area (Å²) in [5.41, 5.74) is -1.40. The highest BCUT2D eigenvalue weighted by Gasteiger charge is 2.33. The maximum Gasteiger partial charge on any atom is 0.416 e. The Bertz CT molecular complexity index is 451. The largest absolute Gasteiger partial charge is 0.416 e. The molecule has 1 saturated carbocycles. The number of halogens is 4. The summed E-state index contributed by atoms with van der Waals surface area (Å²) in [6.45, 7) is 0. The first-order valence-electron chi connectivity index (χ1n) is 5.05. The van der Waals surface area contributed by atoms with Crippen LogP contribution in [0.15, 0.2) is 18.2 Å². The summed E-state index contributed by atoms with van der Waals surface area (Å²) in [6.07, 6.45) is -3.15. The highest BCUT2D eigenvalue weighted by atomic mass is 19.4. The Hall–Kier alpha value is -1.59. The van der Waals surface area contributed by atoms with Crippen molar-refractivity contribution in [3.05, 3.63) is 29.6 Å². The van der Waals surface area contributed by atoms with Gasteiger partial charge in [-0.05, 0) is 31.0 Å². The first kappa shape index (κ1) is 11.9. The first-order chi connectivity index (χ1) is 7.88. The molecule has 0 unspecified atom stereocenters. The number of nitrogens with one attached hydrogen (secondary N) is 1. The minimum absolute atomic E-state index is 0.191. The Labute approximate surface area is 94.6 Å². The van der Waals surface area contributed by atoms with E-state index in [0.29, 0.717) is 31.0 Å². The zero-order valence-electron chi connectivity index (χ0n) is 8.64. The SMILES string of the molecule is O=C(Nc1cc(C(F)(F)F)ccc1F)C1CC1. The Morgan fingerprint density at radius 2 is 1.94 bits per heavy atom. The highest BCUT2D eigenvalue weighted by molar-refractivity contribution is 5.94. The number of alkyl halides is 3. The minimum atomic E-state index is -4.55. The van der Waals surface area contributed by atoms with E-state index in [1.54, 1.807) is 0 Å². The van der Waals surface area contributed by atoms with E-state index in [0.717, 1.165) is 0 Å². The molecular formula is C11H9F4NO. The molecule has 2 nitrogen and oxygen atoms in total. The van der Waals surface area contributed by atoms with Crippen molar-refractivity contribution in [3.8, 4) is 0 Å². The van der Waals surface area contributed by atoms with Gasteiger partial charge in [-0.2, -0.15) is 13.2 Å². The molecule has 1 aliphatic rings. The van der Waals surface area contributed by atoms with Gasteiger partial charge in [0.1, 0.15) is 5.82 Å². The van der Waals surface area contributed by atoms with Gasteiger partial charge in [0.25, 0.3) is 0 Å². The standard InChI is InChI=1S/C11H9F4NO/c12-8-4-3-7(11(13,14)15)5-9(8)16-10(17)6-1-2-6/h3-6H,1-2H2,(H,16,17). The maximum absolute atomic E-state index is 13.2. The highest BCUT2D eigenvalue weighted by Crippen LogP contribution is 2.33.